The molecule has 11 heteroatoms. The van der Waals surface area contributed by atoms with Crippen LogP contribution < -0.4 is 10.6 Å². The first-order chi connectivity index (χ1) is 20.0. The molecule has 0 radical (unpaired) electrons. The van der Waals surface area contributed by atoms with Crippen molar-refractivity contribution >= 4 is 17.6 Å². The highest BCUT2D eigenvalue weighted by molar-refractivity contribution is 6.06. The molecule has 1 unspecified atom stereocenters. The topological polar surface area (TPSA) is 157 Å². The zero-order valence-electron chi connectivity index (χ0n) is 22.1. The second-order valence-corrected chi connectivity index (χ2v) is 8.89. The molecule has 1 aliphatic rings. The van der Waals surface area contributed by atoms with Crippen LogP contribution >= 0.6 is 0 Å². The minimum atomic E-state index is -0.968. The molecule has 0 amide bonds. The van der Waals surface area contributed by atoms with Crippen LogP contribution in [0.4, 0.5) is 5.69 Å². The molecule has 0 aliphatic carbocycles. The maximum atomic E-state index is 13.4. The lowest BCUT2D eigenvalue weighted by Gasteiger charge is -2.36. The molecular weight excluding hydrogens is 524 g/mol. The Kier molecular flexibility index (Phi) is 7.56. The Balaban J connectivity index is 1.68. The molecule has 0 saturated carbocycles. The molecule has 5 rings (SSSR count). The normalized spacial score (nSPS) is 15.0. The number of para-hydroxylation sites is 1. The summed E-state index contributed by atoms with van der Waals surface area (Å²) in [6.45, 7) is 0. The molecule has 1 atom stereocenters. The Labute approximate surface area is 235 Å². The number of nitrogens with two attached hydrogens (primary N) is 1. The number of nitrogens with zero attached hydrogens (tertiary/aromatic N) is 5. The van der Waals surface area contributed by atoms with E-state index in [1.165, 1.54) is 19.1 Å². The third-order valence-corrected chi connectivity index (χ3v) is 6.57. The van der Waals surface area contributed by atoms with Crippen molar-refractivity contribution in [3.8, 4) is 17.5 Å². The summed E-state index contributed by atoms with van der Waals surface area (Å²) in [4.78, 5) is 36.6. The maximum absolute atomic E-state index is 13.4. The van der Waals surface area contributed by atoms with Crippen molar-refractivity contribution < 1.29 is 23.6 Å². The minimum absolute atomic E-state index is 0.0385. The van der Waals surface area contributed by atoms with Gasteiger partial charge < -0.3 is 19.7 Å². The predicted molar refractivity (Wildman–Crippen MR) is 146 cm³/mol. The average Bonchev–Trinajstić information content (AvgIpc) is 3.49. The predicted octanol–water partition coefficient (Wildman–Crippen LogP) is 3.62. The van der Waals surface area contributed by atoms with Crippen LogP contribution in [0.25, 0.3) is 11.4 Å². The van der Waals surface area contributed by atoms with Crippen molar-refractivity contribution in [2.75, 3.05) is 19.1 Å². The molecule has 41 heavy (non-hydrogen) atoms. The van der Waals surface area contributed by atoms with Gasteiger partial charge >= 0.3 is 11.9 Å². The van der Waals surface area contributed by atoms with E-state index in [-0.39, 0.29) is 35.0 Å². The Hall–Kier alpha value is -5.76. The van der Waals surface area contributed by atoms with Crippen molar-refractivity contribution in [1.82, 2.24) is 15.1 Å². The van der Waals surface area contributed by atoms with Gasteiger partial charge in [0, 0.05) is 18.0 Å². The fourth-order valence-electron chi connectivity index (χ4n) is 4.74. The third kappa shape index (κ3) is 5.02. The number of aromatic nitrogens is 3. The zero-order valence-corrected chi connectivity index (χ0v) is 22.1. The van der Waals surface area contributed by atoms with Crippen LogP contribution in [0.15, 0.2) is 106 Å². The summed E-state index contributed by atoms with van der Waals surface area (Å²) >= 11 is 0. The number of pyridine rings is 1. The fourth-order valence-corrected chi connectivity index (χ4v) is 4.74. The van der Waals surface area contributed by atoms with Gasteiger partial charge in [-0.25, -0.2) is 9.59 Å². The first kappa shape index (κ1) is 26.8. The summed E-state index contributed by atoms with van der Waals surface area (Å²) in [5.41, 5.74) is 8.77. The van der Waals surface area contributed by atoms with Crippen LogP contribution in [0.1, 0.15) is 22.9 Å². The number of rotatable bonds is 7. The number of benzene rings is 2. The van der Waals surface area contributed by atoms with Crippen LogP contribution in [0, 0.1) is 11.3 Å². The van der Waals surface area contributed by atoms with Gasteiger partial charge in [0.15, 0.2) is 0 Å². The highest BCUT2D eigenvalue weighted by atomic mass is 16.5. The number of methoxy groups -OCH3 is 2. The van der Waals surface area contributed by atoms with Crippen molar-refractivity contribution in [3.05, 3.63) is 119 Å². The second-order valence-electron chi connectivity index (χ2n) is 8.89. The lowest BCUT2D eigenvalue weighted by atomic mass is 9.80. The molecule has 204 valence electrons. The Morgan fingerprint density at radius 3 is 2.44 bits per heavy atom. The first-order valence-electron chi connectivity index (χ1n) is 12.4. The van der Waals surface area contributed by atoms with Gasteiger partial charge in [-0.3, -0.25) is 9.88 Å². The lowest BCUT2D eigenvalue weighted by molar-refractivity contribution is -0.139. The van der Waals surface area contributed by atoms with E-state index in [0.717, 1.165) is 0 Å². The van der Waals surface area contributed by atoms with Gasteiger partial charge in [0.25, 0.3) is 0 Å². The number of ether oxygens (including phenoxy) is 2. The molecule has 1 aliphatic heterocycles. The van der Waals surface area contributed by atoms with E-state index >= 15 is 0 Å². The van der Waals surface area contributed by atoms with E-state index in [1.807, 2.05) is 6.07 Å². The highest BCUT2D eigenvalue weighted by Crippen LogP contribution is 2.44. The molecule has 0 fully saturated rings. The van der Waals surface area contributed by atoms with E-state index < -0.39 is 17.9 Å². The molecule has 3 heterocycles. The molecule has 2 N–H and O–H groups in total. The molecule has 11 nitrogen and oxygen atoms in total. The van der Waals surface area contributed by atoms with E-state index in [4.69, 9.17) is 19.7 Å². The largest absolute Gasteiger partial charge is 0.466 e. The van der Waals surface area contributed by atoms with Gasteiger partial charge in [0.2, 0.25) is 11.7 Å². The number of hydrogen-bond donors (Lipinski definition) is 1. The number of hydrogen-bond acceptors (Lipinski definition) is 11. The van der Waals surface area contributed by atoms with Crippen LogP contribution in [0.3, 0.4) is 0 Å². The summed E-state index contributed by atoms with van der Waals surface area (Å²) in [5.74, 6) is -2.00. The lowest BCUT2D eigenvalue weighted by Crippen LogP contribution is -2.41. The molecule has 2 aromatic heterocycles. The number of esters is 2. The van der Waals surface area contributed by atoms with Gasteiger partial charge in [0.1, 0.15) is 11.5 Å². The summed E-state index contributed by atoms with van der Waals surface area (Å²) < 4.78 is 15.7. The number of carbonyl (C=O) groups is 2. The third-order valence-electron chi connectivity index (χ3n) is 6.57. The summed E-state index contributed by atoms with van der Waals surface area (Å²) in [7, 11) is 2.40. The van der Waals surface area contributed by atoms with Crippen molar-refractivity contribution in [1.29, 1.82) is 5.26 Å². The average molecular weight is 549 g/mol. The van der Waals surface area contributed by atoms with Crippen LogP contribution in [0.5, 0.6) is 0 Å². The van der Waals surface area contributed by atoms with Crippen LogP contribution in [-0.2, 0) is 25.5 Å². The molecule has 2 aromatic carbocycles. The quantitative estimate of drug-likeness (QED) is 0.336. The standard InChI is InChI=1S/C30H24N6O5/c1-39-29(37)25-24(18-9-4-3-5-10-18)21(16-31)27(32)36(26(25)30(38)40-2)22-13-7-6-11-19(22)15-23-34-28(35-41-23)20-12-8-14-33-17-20/h3-14,17,24H,15,32H2,1-2H3. The molecular formula is C30H24N6O5. The number of allylic oxidation sites excluding steroid dienone is 1. The Morgan fingerprint density at radius 2 is 1.76 bits per heavy atom. The van der Waals surface area contributed by atoms with Gasteiger partial charge in [-0.1, -0.05) is 53.7 Å². The molecule has 4 aromatic rings. The summed E-state index contributed by atoms with van der Waals surface area (Å²) in [5, 5.41) is 14.3. The second kappa shape index (κ2) is 11.5. The summed E-state index contributed by atoms with van der Waals surface area (Å²) in [6.07, 6.45) is 3.42. The van der Waals surface area contributed by atoms with Crippen molar-refractivity contribution in [2.24, 2.45) is 5.73 Å². The maximum Gasteiger partial charge on any atom is 0.355 e. The van der Waals surface area contributed by atoms with Gasteiger partial charge in [-0.2, -0.15) is 10.2 Å². The number of nitriles is 1. The van der Waals surface area contributed by atoms with E-state index in [9.17, 15) is 14.9 Å². The molecule has 0 saturated heterocycles. The van der Waals surface area contributed by atoms with E-state index in [0.29, 0.717) is 28.2 Å². The Bertz CT molecular complexity index is 1710. The van der Waals surface area contributed by atoms with E-state index in [1.54, 1.807) is 73.1 Å². The van der Waals surface area contributed by atoms with Crippen LogP contribution in [0.2, 0.25) is 0 Å². The van der Waals surface area contributed by atoms with Gasteiger partial charge in [-0.05, 0) is 29.3 Å². The van der Waals surface area contributed by atoms with Gasteiger partial charge in [0.05, 0.1) is 49.5 Å². The molecule has 0 bridgehead atoms. The Morgan fingerprint density at radius 1 is 1.02 bits per heavy atom. The minimum Gasteiger partial charge on any atom is -0.466 e. The van der Waals surface area contributed by atoms with Crippen molar-refractivity contribution in [2.45, 2.75) is 12.3 Å². The molecule has 0 spiro atoms. The van der Waals surface area contributed by atoms with Crippen LogP contribution in [-0.4, -0.2) is 41.3 Å². The smallest absolute Gasteiger partial charge is 0.355 e. The monoisotopic (exact) mass is 548 g/mol. The van der Waals surface area contributed by atoms with Gasteiger partial charge in [-0.15, -0.1) is 0 Å². The van der Waals surface area contributed by atoms with Crippen molar-refractivity contribution in [3.63, 3.8) is 0 Å². The zero-order chi connectivity index (χ0) is 28.9. The van der Waals surface area contributed by atoms with E-state index in [2.05, 4.69) is 21.2 Å². The number of anilines is 1. The first-order valence-corrected chi connectivity index (χ1v) is 12.4. The number of carbonyl (C=O) groups excluding carboxylic acids is 2. The fraction of sp³-hybridized carbons (Fsp3) is 0.133. The summed E-state index contributed by atoms with van der Waals surface area (Å²) in [6, 6.07) is 21.6. The SMILES string of the molecule is COC(=O)C1=C(C(=O)OC)N(c2ccccc2Cc2nc(-c3cccnc3)no2)C(N)=C(C#N)C1c1ccccc1. The highest BCUT2D eigenvalue weighted by Gasteiger charge is 2.43.